The smallest absolute Gasteiger partial charge is 0.254 e. The van der Waals surface area contributed by atoms with Crippen LogP contribution in [0.1, 0.15) is 6.23 Å². The van der Waals surface area contributed by atoms with E-state index in [1.54, 1.807) is 13.1 Å². The number of aliphatic hydroxyl groups excluding tert-OH is 3. The molecule has 108 valence electrons. The molecule has 0 amide bonds. The van der Waals surface area contributed by atoms with E-state index in [0.717, 1.165) is 4.57 Å². The largest absolute Gasteiger partial charge is 0.394 e. The molecule has 9 nitrogen and oxygen atoms in total. The predicted octanol–water partition coefficient (Wildman–Crippen LogP) is -2.26. The Morgan fingerprint density at radius 3 is 2.75 bits per heavy atom. The molecule has 0 radical (unpaired) electrons. The van der Waals surface area contributed by atoms with E-state index in [-0.39, 0.29) is 5.65 Å². The Labute approximate surface area is 112 Å². The molecule has 4 atom stereocenters. The van der Waals surface area contributed by atoms with Crippen LogP contribution in [0.4, 0.5) is 0 Å². The first-order chi connectivity index (χ1) is 9.54. The van der Waals surface area contributed by atoms with Gasteiger partial charge in [0.05, 0.1) is 6.61 Å². The lowest BCUT2D eigenvalue weighted by Gasteiger charge is -2.17. The summed E-state index contributed by atoms with van der Waals surface area (Å²) in [4.78, 5) is 12.0. The molecular formula is C11H14N4O5. The third-order valence-electron chi connectivity index (χ3n) is 3.47. The Morgan fingerprint density at radius 1 is 1.35 bits per heavy atom. The first-order valence-corrected chi connectivity index (χ1v) is 6.08. The molecular weight excluding hydrogens is 268 g/mol. The molecule has 1 saturated heterocycles. The van der Waals surface area contributed by atoms with E-state index in [9.17, 15) is 15.0 Å². The van der Waals surface area contributed by atoms with Crippen LogP contribution in [-0.2, 0) is 11.8 Å². The first-order valence-electron chi connectivity index (χ1n) is 6.08. The number of rotatable bonds is 2. The van der Waals surface area contributed by atoms with E-state index in [2.05, 4.69) is 10.3 Å². The summed E-state index contributed by atoms with van der Waals surface area (Å²) in [7, 11) is 1.67. The van der Waals surface area contributed by atoms with Gasteiger partial charge in [-0.15, -0.1) is 5.10 Å². The summed E-state index contributed by atoms with van der Waals surface area (Å²) >= 11 is 0. The quantitative estimate of drug-likeness (QED) is 0.568. The van der Waals surface area contributed by atoms with Crippen LogP contribution in [0.25, 0.3) is 11.2 Å². The average molecular weight is 282 g/mol. The Hall–Kier alpha value is -1.81. The number of hydrogen-bond acceptors (Lipinski definition) is 7. The summed E-state index contributed by atoms with van der Waals surface area (Å²) in [5.41, 5.74) is 0.394. The van der Waals surface area contributed by atoms with E-state index in [1.807, 2.05) is 0 Å². The zero-order chi connectivity index (χ0) is 14.4. The van der Waals surface area contributed by atoms with Gasteiger partial charge in [0.15, 0.2) is 11.9 Å². The predicted molar refractivity (Wildman–Crippen MR) is 65.8 cm³/mol. The summed E-state index contributed by atoms with van der Waals surface area (Å²) in [6.07, 6.45) is -4.68. The van der Waals surface area contributed by atoms with Crippen molar-refractivity contribution >= 4 is 11.2 Å². The SMILES string of the molecule is Cn1nnc2c1ccc(=O)n2[C@@H]1O[C@H](CO)[C@@H](O)[C@H]1O. The van der Waals surface area contributed by atoms with E-state index < -0.39 is 36.7 Å². The molecule has 1 fully saturated rings. The fraction of sp³-hybridized carbons (Fsp3) is 0.545. The molecule has 20 heavy (non-hydrogen) atoms. The van der Waals surface area contributed by atoms with Crippen LogP contribution >= 0.6 is 0 Å². The maximum Gasteiger partial charge on any atom is 0.254 e. The van der Waals surface area contributed by atoms with E-state index in [4.69, 9.17) is 9.84 Å². The second-order valence-corrected chi connectivity index (χ2v) is 4.69. The summed E-state index contributed by atoms with van der Waals surface area (Å²) in [5, 5.41) is 36.5. The van der Waals surface area contributed by atoms with Crippen molar-refractivity contribution in [1.29, 1.82) is 0 Å². The highest BCUT2D eigenvalue weighted by molar-refractivity contribution is 5.70. The van der Waals surface area contributed by atoms with Gasteiger partial charge in [-0.05, 0) is 6.07 Å². The van der Waals surface area contributed by atoms with Gasteiger partial charge in [-0.1, -0.05) is 5.21 Å². The lowest BCUT2D eigenvalue weighted by atomic mass is 10.1. The average Bonchev–Trinajstić information content (AvgIpc) is 2.93. The number of ether oxygens (including phenoxy) is 1. The number of pyridine rings is 1. The molecule has 0 saturated carbocycles. The molecule has 0 aromatic carbocycles. The maximum absolute atomic E-state index is 12.0. The van der Waals surface area contributed by atoms with Gasteiger partial charge in [0.1, 0.15) is 23.8 Å². The Morgan fingerprint density at radius 2 is 2.10 bits per heavy atom. The zero-order valence-corrected chi connectivity index (χ0v) is 10.6. The minimum atomic E-state index is -1.34. The van der Waals surface area contributed by atoms with Gasteiger partial charge >= 0.3 is 0 Å². The number of nitrogens with zero attached hydrogens (tertiary/aromatic N) is 4. The molecule has 3 rings (SSSR count). The molecule has 3 N–H and O–H groups in total. The normalized spacial score (nSPS) is 30.2. The van der Waals surface area contributed by atoms with Crippen LogP contribution in [0.15, 0.2) is 16.9 Å². The number of hydrogen-bond donors (Lipinski definition) is 3. The van der Waals surface area contributed by atoms with Crippen LogP contribution < -0.4 is 5.56 Å². The third kappa shape index (κ3) is 1.75. The minimum absolute atomic E-state index is 0.245. The van der Waals surface area contributed by atoms with Crippen LogP contribution in [0.3, 0.4) is 0 Å². The van der Waals surface area contributed by atoms with E-state index in [1.165, 1.54) is 10.7 Å². The van der Waals surface area contributed by atoms with Crippen molar-refractivity contribution in [3.63, 3.8) is 0 Å². The zero-order valence-electron chi connectivity index (χ0n) is 10.6. The molecule has 9 heteroatoms. The topological polar surface area (TPSA) is 123 Å². The lowest BCUT2D eigenvalue weighted by molar-refractivity contribution is -0.0524. The van der Waals surface area contributed by atoms with Crippen molar-refractivity contribution in [2.75, 3.05) is 6.61 Å². The van der Waals surface area contributed by atoms with Crippen LogP contribution in [0, 0.1) is 0 Å². The number of aliphatic hydroxyl groups is 3. The first kappa shape index (κ1) is 13.2. The number of fused-ring (bicyclic) bond motifs is 1. The molecule has 1 aliphatic rings. The Balaban J connectivity index is 2.15. The van der Waals surface area contributed by atoms with Crippen molar-refractivity contribution < 1.29 is 20.1 Å². The van der Waals surface area contributed by atoms with Crippen LogP contribution in [0.5, 0.6) is 0 Å². The van der Waals surface area contributed by atoms with E-state index >= 15 is 0 Å². The van der Waals surface area contributed by atoms with Crippen molar-refractivity contribution in [2.45, 2.75) is 24.5 Å². The number of aromatic nitrogens is 4. The van der Waals surface area contributed by atoms with Gasteiger partial charge < -0.3 is 20.1 Å². The van der Waals surface area contributed by atoms with Crippen molar-refractivity contribution in [1.82, 2.24) is 19.6 Å². The molecule has 0 aliphatic carbocycles. The third-order valence-corrected chi connectivity index (χ3v) is 3.47. The second kappa shape index (κ2) is 4.63. The lowest BCUT2D eigenvalue weighted by Crippen LogP contribution is -2.35. The van der Waals surface area contributed by atoms with Gasteiger partial charge in [-0.3, -0.25) is 9.36 Å². The Bertz CT molecular complexity index is 696. The van der Waals surface area contributed by atoms with Crippen molar-refractivity contribution in [3.8, 4) is 0 Å². The summed E-state index contributed by atoms with van der Waals surface area (Å²) in [6.45, 7) is -0.458. The summed E-state index contributed by atoms with van der Waals surface area (Å²) in [6, 6.07) is 2.87. The molecule has 3 heterocycles. The molecule has 2 aromatic heterocycles. The standard InChI is InChI=1S/C11H14N4O5/c1-14-5-2-3-7(17)15(10(5)12-13-14)11-9(19)8(18)6(4-16)20-11/h2-3,6,8-9,11,16,18-19H,4H2,1H3/t6-,8-,9-,11-/m1/s1. The monoisotopic (exact) mass is 282 g/mol. The van der Waals surface area contributed by atoms with Crippen molar-refractivity contribution in [3.05, 3.63) is 22.5 Å². The van der Waals surface area contributed by atoms with Crippen LogP contribution in [-0.4, -0.2) is 59.8 Å². The summed E-state index contributed by atoms with van der Waals surface area (Å²) in [5.74, 6) is 0. The second-order valence-electron chi connectivity index (χ2n) is 4.69. The minimum Gasteiger partial charge on any atom is -0.394 e. The molecule has 1 aliphatic heterocycles. The van der Waals surface area contributed by atoms with Gasteiger partial charge in [0.2, 0.25) is 0 Å². The maximum atomic E-state index is 12.0. The van der Waals surface area contributed by atoms with Gasteiger partial charge in [0.25, 0.3) is 5.56 Å². The summed E-state index contributed by atoms with van der Waals surface area (Å²) < 4.78 is 7.96. The fourth-order valence-electron chi connectivity index (χ4n) is 2.38. The van der Waals surface area contributed by atoms with Crippen LogP contribution in [0.2, 0.25) is 0 Å². The van der Waals surface area contributed by atoms with Gasteiger partial charge in [-0.2, -0.15) is 0 Å². The van der Waals surface area contributed by atoms with Gasteiger partial charge in [0, 0.05) is 13.1 Å². The van der Waals surface area contributed by atoms with Gasteiger partial charge in [-0.25, -0.2) is 4.68 Å². The molecule has 0 spiro atoms. The Kier molecular flexibility index (Phi) is 3.05. The molecule has 0 bridgehead atoms. The number of aryl methyl sites for hydroxylation is 1. The fourth-order valence-corrected chi connectivity index (χ4v) is 2.38. The molecule has 0 unspecified atom stereocenters. The molecule has 2 aromatic rings. The van der Waals surface area contributed by atoms with E-state index in [0.29, 0.717) is 5.52 Å². The highest BCUT2D eigenvalue weighted by Gasteiger charge is 2.44. The highest BCUT2D eigenvalue weighted by Crippen LogP contribution is 2.29. The highest BCUT2D eigenvalue weighted by atomic mass is 16.6. The van der Waals surface area contributed by atoms with Crippen molar-refractivity contribution in [2.24, 2.45) is 7.05 Å².